The van der Waals surface area contributed by atoms with Gasteiger partial charge in [-0.2, -0.15) is 0 Å². The highest BCUT2D eigenvalue weighted by Gasteiger charge is 2.39. The number of nitrogens with zero attached hydrogens (tertiary/aromatic N) is 2. The fraction of sp³-hybridized carbons (Fsp3) is 0.333. The van der Waals surface area contributed by atoms with Crippen LogP contribution in [0.5, 0.6) is 5.75 Å². The lowest BCUT2D eigenvalue weighted by molar-refractivity contribution is -0.393. The van der Waals surface area contributed by atoms with Crippen LogP contribution < -0.4 is 4.74 Å². The zero-order valence-electron chi connectivity index (χ0n) is 9.73. The van der Waals surface area contributed by atoms with Gasteiger partial charge in [-0.25, -0.2) is 8.78 Å². The molecule has 21 heavy (non-hydrogen) atoms. The lowest BCUT2D eigenvalue weighted by atomic mass is 10.1. The molecular formula is C9H5F5N2O5. The quantitative estimate of drug-likeness (QED) is 0.508. The number of alkyl halides is 5. The number of nitro groups is 1. The first-order valence-electron chi connectivity index (χ1n) is 4.94. The number of carboxylic acids is 1. The molecule has 0 radical (unpaired) electrons. The van der Waals surface area contributed by atoms with Gasteiger partial charge in [-0.1, -0.05) is 0 Å². The number of hydrogen-bond acceptors (Lipinski definition) is 5. The normalized spacial score (nSPS) is 11.5. The van der Waals surface area contributed by atoms with E-state index in [1.807, 2.05) is 0 Å². The molecule has 1 rings (SSSR count). The van der Waals surface area contributed by atoms with Crippen molar-refractivity contribution in [1.82, 2.24) is 4.98 Å². The van der Waals surface area contributed by atoms with Crippen molar-refractivity contribution in [2.75, 3.05) is 0 Å². The zero-order chi connectivity index (χ0) is 16.4. The zero-order valence-corrected chi connectivity index (χ0v) is 9.73. The average molecular weight is 316 g/mol. The molecule has 1 N–H and O–H groups in total. The Morgan fingerprint density at radius 1 is 1.48 bits per heavy atom. The predicted octanol–water partition coefficient (Wildman–Crippen LogP) is 2.45. The molecule has 0 saturated heterocycles. The van der Waals surface area contributed by atoms with Crippen LogP contribution in [0, 0.1) is 10.1 Å². The fourth-order valence-corrected chi connectivity index (χ4v) is 1.41. The van der Waals surface area contributed by atoms with Gasteiger partial charge < -0.3 is 20.0 Å². The molecule has 0 atom stereocenters. The van der Waals surface area contributed by atoms with E-state index in [4.69, 9.17) is 5.11 Å². The third-order valence-corrected chi connectivity index (χ3v) is 2.11. The maximum Gasteiger partial charge on any atom is 0.573 e. The van der Waals surface area contributed by atoms with Crippen molar-refractivity contribution in [3.8, 4) is 5.75 Å². The standard InChI is InChI=1S/C9H5F5N2O5/c10-7(11)4-2-15-8(16(19)20)6(21-9(12,13)14)3(4)1-5(17)18/h2,7H,1H2,(H,17,18). The van der Waals surface area contributed by atoms with Crippen molar-refractivity contribution in [2.45, 2.75) is 19.2 Å². The van der Waals surface area contributed by atoms with Crippen LogP contribution in [0.1, 0.15) is 17.6 Å². The van der Waals surface area contributed by atoms with E-state index in [9.17, 15) is 36.9 Å². The average Bonchev–Trinajstić information content (AvgIpc) is 2.27. The number of hydrogen-bond donors (Lipinski definition) is 1. The first-order chi connectivity index (χ1) is 9.53. The van der Waals surface area contributed by atoms with Crippen molar-refractivity contribution in [3.05, 3.63) is 27.4 Å². The number of halogens is 5. The molecule has 1 heterocycles. The molecule has 0 saturated carbocycles. The van der Waals surface area contributed by atoms with Crippen LogP contribution in [0.3, 0.4) is 0 Å². The van der Waals surface area contributed by atoms with Crippen LogP contribution in [0.2, 0.25) is 0 Å². The first kappa shape index (κ1) is 16.5. The Bertz CT molecular complexity index is 574. The lowest BCUT2D eigenvalue weighted by Crippen LogP contribution is -2.21. The van der Waals surface area contributed by atoms with Crippen LogP contribution in [0.25, 0.3) is 0 Å². The number of aliphatic carboxylic acids is 1. The molecule has 0 aliphatic heterocycles. The van der Waals surface area contributed by atoms with Crippen LogP contribution >= 0.6 is 0 Å². The van der Waals surface area contributed by atoms with E-state index < -0.39 is 52.8 Å². The molecule has 0 aliphatic carbocycles. The van der Waals surface area contributed by atoms with Crippen LogP contribution in [-0.4, -0.2) is 27.3 Å². The SMILES string of the molecule is O=C(O)Cc1c(C(F)F)cnc([N+](=O)[O-])c1OC(F)(F)F. The summed E-state index contributed by atoms with van der Waals surface area (Å²) in [4.78, 5) is 22.6. The second-order valence-corrected chi connectivity index (χ2v) is 3.52. The predicted molar refractivity (Wildman–Crippen MR) is 53.9 cm³/mol. The second-order valence-electron chi connectivity index (χ2n) is 3.52. The minimum Gasteiger partial charge on any atom is -0.481 e. The molecule has 0 spiro atoms. The third kappa shape index (κ3) is 4.22. The number of aromatic nitrogens is 1. The molecule has 12 heteroatoms. The van der Waals surface area contributed by atoms with Gasteiger partial charge in [-0.3, -0.25) is 4.79 Å². The van der Waals surface area contributed by atoms with E-state index in [0.717, 1.165) is 0 Å². The van der Waals surface area contributed by atoms with Gasteiger partial charge in [0.05, 0.1) is 12.0 Å². The van der Waals surface area contributed by atoms with Gasteiger partial charge in [0, 0.05) is 5.56 Å². The molecule has 0 aromatic carbocycles. The summed E-state index contributed by atoms with van der Waals surface area (Å²) in [6.07, 6.45) is -9.91. The molecule has 0 unspecified atom stereocenters. The molecule has 0 amide bonds. The van der Waals surface area contributed by atoms with E-state index in [0.29, 0.717) is 0 Å². The topological polar surface area (TPSA) is 103 Å². The Kier molecular flexibility index (Phi) is 4.60. The van der Waals surface area contributed by atoms with Crippen LogP contribution in [0.15, 0.2) is 6.20 Å². The van der Waals surface area contributed by atoms with E-state index in [2.05, 4.69) is 9.72 Å². The molecule has 1 aromatic rings. The highest BCUT2D eigenvalue weighted by Crippen LogP contribution is 2.38. The maximum atomic E-state index is 12.7. The Balaban J connectivity index is 3.59. The summed E-state index contributed by atoms with van der Waals surface area (Å²) in [5.74, 6) is -4.94. The third-order valence-electron chi connectivity index (χ3n) is 2.11. The fourth-order valence-electron chi connectivity index (χ4n) is 1.41. The number of carboxylic acid groups (broad SMARTS) is 1. The molecule has 0 aliphatic rings. The summed E-state index contributed by atoms with van der Waals surface area (Å²) >= 11 is 0. The maximum absolute atomic E-state index is 12.7. The Morgan fingerprint density at radius 3 is 2.43 bits per heavy atom. The van der Waals surface area contributed by atoms with E-state index in [-0.39, 0.29) is 6.20 Å². The van der Waals surface area contributed by atoms with Gasteiger partial charge in [-0.05, 0) is 9.91 Å². The summed E-state index contributed by atoms with van der Waals surface area (Å²) in [6, 6.07) is 0. The van der Waals surface area contributed by atoms with E-state index in [1.54, 1.807) is 0 Å². The van der Waals surface area contributed by atoms with Gasteiger partial charge >= 0.3 is 18.1 Å². The van der Waals surface area contributed by atoms with Crippen molar-refractivity contribution in [1.29, 1.82) is 0 Å². The van der Waals surface area contributed by atoms with Gasteiger partial charge in [0.2, 0.25) is 5.75 Å². The minimum atomic E-state index is -5.44. The molecule has 1 aromatic heterocycles. The summed E-state index contributed by atoms with van der Waals surface area (Å²) < 4.78 is 65.4. The molecule has 116 valence electrons. The first-order valence-corrected chi connectivity index (χ1v) is 4.94. The molecule has 0 fully saturated rings. The number of carbonyl (C=O) groups is 1. The Labute approximate surface area is 112 Å². The van der Waals surface area contributed by atoms with E-state index >= 15 is 0 Å². The molecule has 0 bridgehead atoms. The lowest BCUT2D eigenvalue weighted by Gasteiger charge is -2.14. The van der Waals surface area contributed by atoms with Crippen LogP contribution in [0.4, 0.5) is 27.8 Å². The Morgan fingerprint density at radius 2 is 2.05 bits per heavy atom. The van der Waals surface area contributed by atoms with Crippen LogP contribution in [-0.2, 0) is 11.2 Å². The van der Waals surface area contributed by atoms with Crippen molar-refractivity contribution in [3.63, 3.8) is 0 Å². The Hall–Kier alpha value is -2.53. The largest absolute Gasteiger partial charge is 0.573 e. The van der Waals surface area contributed by atoms with Gasteiger partial charge in [0.25, 0.3) is 6.43 Å². The highest BCUT2D eigenvalue weighted by molar-refractivity contribution is 5.73. The summed E-state index contributed by atoms with van der Waals surface area (Å²) in [6.45, 7) is 0. The van der Waals surface area contributed by atoms with Crippen molar-refractivity contribution < 1.29 is 41.5 Å². The number of pyridine rings is 1. The molecule has 7 nitrogen and oxygen atoms in total. The second kappa shape index (κ2) is 5.85. The summed E-state index contributed by atoms with van der Waals surface area (Å²) in [7, 11) is 0. The monoisotopic (exact) mass is 316 g/mol. The number of ether oxygens (including phenoxy) is 1. The van der Waals surface area contributed by atoms with Crippen molar-refractivity contribution in [2.24, 2.45) is 0 Å². The highest BCUT2D eigenvalue weighted by atomic mass is 19.4. The van der Waals surface area contributed by atoms with E-state index in [1.165, 1.54) is 0 Å². The summed E-state index contributed by atoms with van der Waals surface area (Å²) in [5, 5.41) is 19.1. The minimum absolute atomic E-state index is 0.240. The molecular weight excluding hydrogens is 311 g/mol. The van der Waals surface area contributed by atoms with Gasteiger partial charge in [-0.15, -0.1) is 13.2 Å². The smallest absolute Gasteiger partial charge is 0.481 e. The summed E-state index contributed by atoms with van der Waals surface area (Å²) in [5.41, 5.74) is -2.35. The van der Waals surface area contributed by atoms with Gasteiger partial charge in [0.15, 0.2) is 0 Å². The van der Waals surface area contributed by atoms with Gasteiger partial charge in [0.1, 0.15) is 6.20 Å². The number of rotatable bonds is 5. The van der Waals surface area contributed by atoms with Crippen molar-refractivity contribution >= 4 is 11.8 Å².